The standard InChI is InChI=1S/C24H24N6O4/c1-13-9-25-18(14(2)22(13)34-3)11-29-12-19(27-28-29)15-5-4-6-16-17(15)10-30(24(16)33)20-7-8-21(31)26-23(20)32/h4-6,9,12,20H,7-8,10-11H2,1-3H3,(H,26,31,32). The van der Waals surface area contributed by atoms with Crippen molar-refractivity contribution in [1.82, 2.24) is 30.2 Å². The molecule has 1 unspecified atom stereocenters. The number of nitrogens with zero attached hydrogens (tertiary/aromatic N) is 5. The number of methoxy groups -OCH3 is 1. The number of aromatic nitrogens is 4. The minimum atomic E-state index is -0.660. The van der Waals surface area contributed by atoms with Gasteiger partial charge in [-0.05, 0) is 31.9 Å². The summed E-state index contributed by atoms with van der Waals surface area (Å²) in [6.45, 7) is 4.61. The Labute approximate surface area is 195 Å². The Hall–Kier alpha value is -4.08. The number of ether oxygens (including phenoxy) is 1. The van der Waals surface area contributed by atoms with Gasteiger partial charge in [0.1, 0.15) is 17.5 Å². The molecule has 0 spiro atoms. The lowest BCUT2D eigenvalue weighted by atomic mass is 10.0. The topological polar surface area (TPSA) is 119 Å². The van der Waals surface area contributed by atoms with Crippen LogP contribution >= 0.6 is 0 Å². The van der Waals surface area contributed by atoms with E-state index in [9.17, 15) is 14.4 Å². The number of rotatable bonds is 5. The average molecular weight is 460 g/mol. The summed E-state index contributed by atoms with van der Waals surface area (Å²) in [5, 5.41) is 10.9. The SMILES string of the molecule is COc1c(C)cnc(Cn2cc(-c3cccc4c3CN(C3CCC(=O)NC3=O)C4=O)nn2)c1C. The van der Waals surface area contributed by atoms with Gasteiger partial charge in [0.2, 0.25) is 11.8 Å². The molecule has 0 bridgehead atoms. The Morgan fingerprint density at radius 3 is 2.74 bits per heavy atom. The highest BCUT2D eigenvalue weighted by Gasteiger charge is 2.40. The Morgan fingerprint density at radius 2 is 1.97 bits per heavy atom. The van der Waals surface area contributed by atoms with Crippen LogP contribution in [0.2, 0.25) is 0 Å². The van der Waals surface area contributed by atoms with E-state index in [1.165, 1.54) is 4.90 Å². The van der Waals surface area contributed by atoms with Gasteiger partial charge in [0.05, 0.1) is 25.5 Å². The summed E-state index contributed by atoms with van der Waals surface area (Å²) in [7, 11) is 1.64. The lowest BCUT2D eigenvalue weighted by molar-refractivity contribution is -0.136. The van der Waals surface area contributed by atoms with Crippen molar-refractivity contribution in [3.05, 3.63) is 58.5 Å². The zero-order chi connectivity index (χ0) is 24.0. The van der Waals surface area contributed by atoms with Gasteiger partial charge in [0.25, 0.3) is 5.91 Å². The Morgan fingerprint density at radius 1 is 1.18 bits per heavy atom. The van der Waals surface area contributed by atoms with Gasteiger partial charge in [0.15, 0.2) is 0 Å². The maximum Gasteiger partial charge on any atom is 0.255 e. The normalized spacial score (nSPS) is 17.7. The van der Waals surface area contributed by atoms with Crippen molar-refractivity contribution in [2.45, 2.75) is 45.8 Å². The van der Waals surface area contributed by atoms with Gasteiger partial charge in [-0.2, -0.15) is 0 Å². The van der Waals surface area contributed by atoms with Crippen molar-refractivity contribution in [3.63, 3.8) is 0 Å². The smallest absolute Gasteiger partial charge is 0.255 e. The first-order valence-corrected chi connectivity index (χ1v) is 11.0. The Bertz CT molecular complexity index is 1330. The van der Waals surface area contributed by atoms with E-state index in [2.05, 4.69) is 20.6 Å². The van der Waals surface area contributed by atoms with Gasteiger partial charge in [-0.25, -0.2) is 4.68 Å². The molecule has 2 aliphatic heterocycles. The molecule has 34 heavy (non-hydrogen) atoms. The van der Waals surface area contributed by atoms with Crippen molar-refractivity contribution < 1.29 is 19.1 Å². The summed E-state index contributed by atoms with van der Waals surface area (Å²) in [5.74, 6) is -0.150. The third-order valence-corrected chi connectivity index (χ3v) is 6.46. The van der Waals surface area contributed by atoms with E-state index < -0.39 is 11.9 Å². The summed E-state index contributed by atoms with van der Waals surface area (Å²) in [6.07, 6.45) is 4.14. The number of piperidine rings is 1. The van der Waals surface area contributed by atoms with Crippen LogP contribution < -0.4 is 10.1 Å². The summed E-state index contributed by atoms with van der Waals surface area (Å²) in [4.78, 5) is 43.0. The molecule has 1 atom stereocenters. The first kappa shape index (κ1) is 21.7. The van der Waals surface area contributed by atoms with Crippen LogP contribution in [0.25, 0.3) is 11.3 Å². The molecule has 1 fully saturated rings. The Balaban J connectivity index is 1.42. The number of fused-ring (bicyclic) bond motifs is 1. The molecule has 2 aromatic heterocycles. The van der Waals surface area contributed by atoms with E-state index in [0.29, 0.717) is 24.2 Å². The molecule has 10 heteroatoms. The molecule has 5 rings (SSSR count). The van der Waals surface area contributed by atoms with Crippen molar-refractivity contribution in [2.75, 3.05) is 7.11 Å². The summed E-state index contributed by atoms with van der Waals surface area (Å²) in [6, 6.07) is 4.79. The highest BCUT2D eigenvalue weighted by atomic mass is 16.5. The molecule has 174 valence electrons. The summed E-state index contributed by atoms with van der Waals surface area (Å²) >= 11 is 0. The third kappa shape index (κ3) is 3.60. The molecule has 0 aliphatic carbocycles. The van der Waals surface area contributed by atoms with Gasteiger partial charge in [-0.1, -0.05) is 17.3 Å². The molecule has 2 aliphatic rings. The van der Waals surface area contributed by atoms with Crippen LogP contribution in [0.4, 0.5) is 0 Å². The van der Waals surface area contributed by atoms with E-state index in [4.69, 9.17) is 4.74 Å². The Kier molecular flexibility index (Phi) is 5.35. The third-order valence-electron chi connectivity index (χ3n) is 6.46. The molecule has 1 N–H and O–H groups in total. The number of nitrogens with one attached hydrogen (secondary N) is 1. The number of imide groups is 1. The minimum absolute atomic E-state index is 0.217. The number of carbonyl (C=O) groups is 3. The molecule has 1 aromatic carbocycles. The fourth-order valence-corrected chi connectivity index (χ4v) is 4.71. The fraction of sp³-hybridized carbons (Fsp3) is 0.333. The number of hydrogen-bond acceptors (Lipinski definition) is 7. The maximum absolute atomic E-state index is 13.1. The van der Waals surface area contributed by atoms with Crippen LogP contribution in [0.15, 0.2) is 30.6 Å². The highest BCUT2D eigenvalue weighted by Crippen LogP contribution is 2.34. The summed E-state index contributed by atoms with van der Waals surface area (Å²) in [5.41, 5.74) is 5.51. The van der Waals surface area contributed by atoms with Crippen molar-refractivity contribution in [1.29, 1.82) is 0 Å². The predicted molar refractivity (Wildman–Crippen MR) is 121 cm³/mol. The molecule has 3 aromatic rings. The second-order valence-corrected chi connectivity index (χ2v) is 8.58. The lowest BCUT2D eigenvalue weighted by Gasteiger charge is -2.29. The number of amides is 3. The monoisotopic (exact) mass is 460 g/mol. The van der Waals surface area contributed by atoms with E-state index in [0.717, 1.165) is 33.7 Å². The number of pyridine rings is 1. The van der Waals surface area contributed by atoms with E-state index >= 15 is 0 Å². The summed E-state index contributed by atoms with van der Waals surface area (Å²) < 4.78 is 7.20. The zero-order valence-corrected chi connectivity index (χ0v) is 19.2. The van der Waals surface area contributed by atoms with Crippen LogP contribution in [-0.2, 0) is 22.7 Å². The van der Waals surface area contributed by atoms with Crippen molar-refractivity contribution >= 4 is 17.7 Å². The van der Waals surface area contributed by atoms with Gasteiger partial charge in [-0.15, -0.1) is 5.10 Å². The number of carbonyl (C=O) groups excluding carboxylic acids is 3. The maximum atomic E-state index is 13.1. The zero-order valence-electron chi connectivity index (χ0n) is 19.2. The average Bonchev–Trinajstić information content (AvgIpc) is 3.41. The first-order valence-electron chi connectivity index (χ1n) is 11.0. The lowest BCUT2D eigenvalue weighted by Crippen LogP contribution is -2.52. The number of aryl methyl sites for hydroxylation is 1. The molecular formula is C24H24N6O4. The molecule has 4 heterocycles. The predicted octanol–water partition coefficient (Wildman–Crippen LogP) is 1.77. The number of hydrogen-bond donors (Lipinski definition) is 1. The fourth-order valence-electron chi connectivity index (χ4n) is 4.71. The van der Waals surface area contributed by atoms with Gasteiger partial charge < -0.3 is 9.64 Å². The highest BCUT2D eigenvalue weighted by molar-refractivity contribution is 6.06. The van der Waals surface area contributed by atoms with Gasteiger partial charge in [0, 0.05) is 41.4 Å². The molecule has 3 amide bonds. The molecule has 0 radical (unpaired) electrons. The van der Waals surface area contributed by atoms with Crippen LogP contribution in [0.1, 0.15) is 45.6 Å². The van der Waals surface area contributed by atoms with Crippen LogP contribution in [-0.4, -0.2) is 55.8 Å². The van der Waals surface area contributed by atoms with Crippen molar-refractivity contribution in [2.24, 2.45) is 0 Å². The largest absolute Gasteiger partial charge is 0.496 e. The van der Waals surface area contributed by atoms with Gasteiger partial charge >= 0.3 is 0 Å². The van der Waals surface area contributed by atoms with Crippen molar-refractivity contribution in [3.8, 4) is 17.0 Å². The van der Waals surface area contributed by atoms with E-state index in [-0.39, 0.29) is 24.8 Å². The van der Waals surface area contributed by atoms with E-state index in [1.54, 1.807) is 30.1 Å². The quantitative estimate of drug-likeness (QED) is 0.577. The van der Waals surface area contributed by atoms with E-state index in [1.807, 2.05) is 26.1 Å². The van der Waals surface area contributed by atoms with Gasteiger partial charge in [-0.3, -0.25) is 24.7 Å². The molecule has 0 saturated carbocycles. The minimum Gasteiger partial charge on any atom is -0.496 e. The van der Waals surface area contributed by atoms with Crippen LogP contribution in [0, 0.1) is 13.8 Å². The second-order valence-electron chi connectivity index (χ2n) is 8.58. The van der Waals surface area contributed by atoms with Crippen LogP contribution in [0.3, 0.4) is 0 Å². The molecule has 1 saturated heterocycles. The number of benzene rings is 1. The van der Waals surface area contributed by atoms with Crippen LogP contribution in [0.5, 0.6) is 5.75 Å². The first-order chi connectivity index (χ1) is 16.4. The molecule has 10 nitrogen and oxygen atoms in total. The second kappa shape index (κ2) is 8.36. The molecular weight excluding hydrogens is 436 g/mol.